The zero-order valence-electron chi connectivity index (χ0n) is 15.0. The average molecular weight is 314 g/mol. The van der Waals surface area contributed by atoms with Gasteiger partial charge in [0.2, 0.25) is 0 Å². The van der Waals surface area contributed by atoms with Crippen molar-refractivity contribution in [3.63, 3.8) is 0 Å². The number of carbonyl (C=O) groups excluding carboxylic acids is 1. The number of carbonyl (C=O) groups is 1. The van der Waals surface area contributed by atoms with Crippen LogP contribution in [-0.2, 0) is 10.2 Å². The molecule has 1 aromatic carbocycles. The first kappa shape index (κ1) is 21.5. The predicted molar refractivity (Wildman–Crippen MR) is 83.3 cm³/mol. The molecule has 4 heteroatoms. The first-order valence-corrected chi connectivity index (χ1v) is 7.53. The SMILES string of the molecule is CCC(Oc1ccc(C(C)(C)CC(C)(C)C)cc1)C(=O)[O-].[Na+]. The van der Waals surface area contributed by atoms with E-state index in [1.54, 1.807) is 6.92 Å². The molecule has 0 aliphatic rings. The first-order chi connectivity index (χ1) is 9.55. The van der Waals surface area contributed by atoms with E-state index in [0.717, 1.165) is 6.42 Å². The van der Waals surface area contributed by atoms with Gasteiger partial charge in [-0.1, -0.05) is 53.7 Å². The molecule has 0 radical (unpaired) electrons. The van der Waals surface area contributed by atoms with Gasteiger partial charge in [0.25, 0.3) is 0 Å². The van der Waals surface area contributed by atoms with Crippen molar-refractivity contribution in [2.75, 3.05) is 0 Å². The van der Waals surface area contributed by atoms with Crippen LogP contribution in [0.2, 0.25) is 0 Å². The monoisotopic (exact) mass is 314 g/mol. The van der Waals surface area contributed by atoms with E-state index in [4.69, 9.17) is 4.74 Å². The number of carboxylic acid groups (broad SMARTS) is 1. The third-order valence-corrected chi connectivity index (χ3v) is 3.52. The van der Waals surface area contributed by atoms with Crippen LogP contribution in [0.15, 0.2) is 24.3 Å². The van der Waals surface area contributed by atoms with Crippen LogP contribution in [0.1, 0.15) is 59.9 Å². The summed E-state index contributed by atoms with van der Waals surface area (Å²) >= 11 is 0. The van der Waals surface area contributed by atoms with Gasteiger partial charge < -0.3 is 14.6 Å². The van der Waals surface area contributed by atoms with Crippen LogP contribution in [-0.4, -0.2) is 12.1 Å². The number of aliphatic carboxylic acids is 1. The Kier molecular flexibility index (Phi) is 8.18. The number of carboxylic acids is 1. The van der Waals surface area contributed by atoms with E-state index in [9.17, 15) is 9.90 Å². The molecule has 0 fully saturated rings. The van der Waals surface area contributed by atoms with Crippen molar-refractivity contribution in [1.82, 2.24) is 0 Å². The molecule has 0 aliphatic carbocycles. The molecule has 22 heavy (non-hydrogen) atoms. The van der Waals surface area contributed by atoms with Crippen molar-refractivity contribution < 1.29 is 44.2 Å². The quantitative estimate of drug-likeness (QED) is 0.710. The Bertz CT molecular complexity index is 472. The summed E-state index contributed by atoms with van der Waals surface area (Å²) in [6.07, 6.45) is 0.564. The molecule has 118 valence electrons. The second-order valence-electron chi connectivity index (χ2n) is 7.48. The van der Waals surface area contributed by atoms with E-state index in [0.29, 0.717) is 12.2 Å². The van der Waals surface area contributed by atoms with Crippen molar-refractivity contribution in [1.29, 1.82) is 0 Å². The summed E-state index contributed by atoms with van der Waals surface area (Å²) in [6, 6.07) is 7.71. The topological polar surface area (TPSA) is 49.4 Å². The Balaban J connectivity index is 0.00000441. The van der Waals surface area contributed by atoms with Gasteiger partial charge in [-0.2, -0.15) is 0 Å². The van der Waals surface area contributed by atoms with Gasteiger partial charge in [-0.3, -0.25) is 0 Å². The van der Waals surface area contributed by atoms with Gasteiger partial charge in [0.15, 0.2) is 0 Å². The summed E-state index contributed by atoms with van der Waals surface area (Å²) < 4.78 is 5.43. The third kappa shape index (κ3) is 6.72. The molecule has 0 heterocycles. The minimum atomic E-state index is -1.17. The van der Waals surface area contributed by atoms with Crippen LogP contribution in [0.25, 0.3) is 0 Å². The molecule has 0 N–H and O–H groups in total. The van der Waals surface area contributed by atoms with Crippen molar-refractivity contribution >= 4 is 5.97 Å². The Morgan fingerprint density at radius 3 is 2.00 bits per heavy atom. The Morgan fingerprint density at radius 1 is 1.14 bits per heavy atom. The van der Waals surface area contributed by atoms with E-state index < -0.39 is 12.1 Å². The Hall–Kier alpha value is -0.510. The maximum absolute atomic E-state index is 10.9. The van der Waals surface area contributed by atoms with E-state index in [2.05, 4.69) is 34.6 Å². The molecular weight excluding hydrogens is 287 g/mol. The number of benzene rings is 1. The second kappa shape index (κ2) is 8.37. The normalized spacial score (nSPS) is 13.2. The molecule has 0 spiro atoms. The summed E-state index contributed by atoms with van der Waals surface area (Å²) in [6.45, 7) is 12.9. The minimum absolute atomic E-state index is 0. The van der Waals surface area contributed by atoms with Gasteiger partial charge in [0.1, 0.15) is 11.9 Å². The van der Waals surface area contributed by atoms with Gasteiger partial charge in [0, 0.05) is 0 Å². The first-order valence-electron chi connectivity index (χ1n) is 7.53. The largest absolute Gasteiger partial charge is 1.00 e. The molecule has 1 atom stereocenters. The molecular formula is C18H27NaO3. The predicted octanol–water partition coefficient (Wildman–Crippen LogP) is 0.312. The summed E-state index contributed by atoms with van der Waals surface area (Å²) in [7, 11) is 0. The van der Waals surface area contributed by atoms with Crippen molar-refractivity contribution in [2.45, 2.75) is 65.9 Å². The van der Waals surface area contributed by atoms with Gasteiger partial charge in [-0.15, -0.1) is 0 Å². The molecule has 0 saturated heterocycles. The van der Waals surface area contributed by atoms with Crippen LogP contribution in [0.5, 0.6) is 5.75 Å². The fourth-order valence-electron chi connectivity index (χ4n) is 2.87. The van der Waals surface area contributed by atoms with E-state index in [-0.39, 0.29) is 40.4 Å². The van der Waals surface area contributed by atoms with Gasteiger partial charge in [0.05, 0.1) is 5.97 Å². The number of ether oxygens (including phenoxy) is 1. The molecule has 1 unspecified atom stereocenters. The molecule has 0 aromatic heterocycles. The summed E-state index contributed by atoms with van der Waals surface area (Å²) in [5, 5.41) is 10.9. The number of hydrogen-bond donors (Lipinski definition) is 0. The molecule has 1 rings (SSSR count). The van der Waals surface area contributed by atoms with E-state index >= 15 is 0 Å². The molecule has 0 aliphatic heterocycles. The zero-order valence-corrected chi connectivity index (χ0v) is 17.0. The molecule has 0 amide bonds. The third-order valence-electron chi connectivity index (χ3n) is 3.52. The van der Waals surface area contributed by atoms with Gasteiger partial charge in [-0.25, -0.2) is 0 Å². The summed E-state index contributed by atoms with van der Waals surface area (Å²) in [4.78, 5) is 10.9. The molecule has 1 aromatic rings. The fraction of sp³-hybridized carbons (Fsp3) is 0.611. The van der Waals surface area contributed by atoms with Crippen LogP contribution in [0, 0.1) is 5.41 Å². The van der Waals surface area contributed by atoms with Crippen molar-refractivity contribution in [3.05, 3.63) is 29.8 Å². The Morgan fingerprint density at radius 2 is 1.64 bits per heavy atom. The van der Waals surface area contributed by atoms with Gasteiger partial charge in [-0.05, 0) is 41.4 Å². The average Bonchev–Trinajstić information content (AvgIpc) is 2.33. The van der Waals surface area contributed by atoms with Crippen molar-refractivity contribution in [3.8, 4) is 5.75 Å². The van der Waals surface area contributed by atoms with Crippen LogP contribution in [0.4, 0.5) is 0 Å². The minimum Gasteiger partial charge on any atom is -0.546 e. The fourth-order valence-corrected chi connectivity index (χ4v) is 2.87. The van der Waals surface area contributed by atoms with Crippen molar-refractivity contribution in [2.24, 2.45) is 5.41 Å². The summed E-state index contributed by atoms with van der Waals surface area (Å²) in [5.41, 5.74) is 1.54. The molecule has 0 saturated carbocycles. The Labute approximate surface area is 156 Å². The summed E-state index contributed by atoms with van der Waals surface area (Å²) in [5.74, 6) is -0.601. The number of rotatable bonds is 6. The number of hydrogen-bond acceptors (Lipinski definition) is 3. The van der Waals surface area contributed by atoms with Crippen LogP contribution in [0.3, 0.4) is 0 Å². The zero-order chi connectivity index (χ0) is 16.3. The van der Waals surface area contributed by atoms with Gasteiger partial charge >= 0.3 is 29.6 Å². The van der Waals surface area contributed by atoms with Crippen LogP contribution >= 0.6 is 0 Å². The smallest absolute Gasteiger partial charge is 0.546 e. The molecule has 0 bridgehead atoms. The second-order valence-corrected chi connectivity index (χ2v) is 7.48. The standard InChI is InChI=1S/C18H28O3.Na/c1-7-15(16(19)20)21-14-10-8-13(9-11-14)18(5,6)12-17(2,3)4;/h8-11,15H,7,12H2,1-6H3,(H,19,20);/q;+1/p-1. The van der Waals surface area contributed by atoms with E-state index in [1.165, 1.54) is 5.56 Å². The maximum atomic E-state index is 10.9. The van der Waals surface area contributed by atoms with Crippen LogP contribution < -0.4 is 39.4 Å². The molecule has 3 nitrogen and oxygen atoms in total. The van der Waals surface area contributed by atoms with E-state index in [1.807, 2.05) is 24.3 Å². The maximum Gasteiger partial charge on any atom is 1.00 e.